The highest BCUT2D eigenvalue weighted by Gasteiger charge is 2.31. The van der Waals surface area contributed by atoms with Crippen LogP contribution in [0.5, 0.6) is 5.75 Å². The van der Waals surface area contributed by atoms with Crippen molar-refractivity contribution in [3.63, 3.8) is 0 Å². The van der Waals surface area contributed by atoms with E-state index >= 15 is 0 Å². The van der Waals surface area contributed by atoms with Crippen LogP contribution in [0, 0.1) is 11.3 Å². The Labute approximate surface area is 111 Å². The van der Waals surface area contributed by atoms with Crippen LogP contribution in [0.3, 0.4) is 0 Å². The van der Waals surface area contributed by atoms with Crippen LogP contribution in [0.15, 0.2) is 24.3 Å². The first-order chi connectivity index (χ1) is 8.53. The van der Waals surface area contributed by atoms with Crippen molar-refractivity contribution in [2.45, 2.75) is 45.6 Å². The van der Waals surface area contributed by atoms with Gasteiger partial charge in [-0.1, -0.05) is 32.0 Å². The minimum absolute atomic E-state index is 0.109. The van der Waals surface area contributed by atoms with Gasteiger partial charge in [0.25, 0.3) is 0 Å². The molecule has 2 nitrogen and oxygen atoms in total. The fourth-order valence-corrected chi connectivity index (χ4v) is 2.98. The third-order valence-corrected chi connectivity index (χ3v) is 4.39. The highest BCUT2D eigenvalue weighted by atomic mass is 16.5. The molecule has 1 atom stereocenters. The molecule has 0 bridgehead atoms. The van der Waals surface area contributed by atoms with E-state index in [1.807, 2.05) is 18.2 Å². The molecule has 1 aromatic carbocycles. The van der Waals surface area contributed by atoms with E-state index < -0.39 is 0 Å². The number of nitrogens with two attached hydrogens (primary N) is 1. The van der Waals surface area contributed by atoms with E-state index in [4.69, 9.17) is 10.5 Å². The summed E-state index contributed by atoms with van der Waals surface area (Å²) in [6.45, 7) is 4.72. The molecule has 18 heavy (non-hydrogen) atoms. The van der Waals surface area contributed by atoms with Crippen LogP contribution < -0.4 is 10.5 Å². The topological polar surface area (TPSA) is 35.2 Å². The normalized spacial score (nSPS) is 21.6. The van der Waals surface area contributed by atoms with Crippen molar-refractivity contribution in [1.82, 2.24) is 0 Å². The summed E-state index contributed by atoms with van der Waals surface area (Å²) in [5.41, 5.74) is 8.11. The lowest BCUT2D eigenvalue weighted by Gasteiger charge is -2.37. The Kier molecular flexibility index (Phi) is 3.96. The van der Waals surface area contributed by atoms with Crippen molar-refractivity contribution < 1.29 is 4.74 Å². The average molecular weight is 247 g/mol. The summed E-state index contributed by atoms with van der Waals surface area (Å²) in [6, 6.07) is 8.26. The fraction of sp³-hybridized carbons (Fsp3) is 0.625. The third kappa shape index (κ3) is 2.86. The van der Waals surface area contributed by atoms with Crippen LogP contribution in [0.25, 0.3) is 0 Å². The molecule has 100 valence electrons. The molecule has 1 aliphatic rings. The van der Waals surface area contributed by atoms with Gasteiger partial charge >= 0.3 is 0 Å². The van der Waals surface area contributed by atoms with Gasteiger partial charge in [-0.25, -0.2) is 0 Å². The van der Waals surface area contributed by atoms with Crippen molar-refractivity contribution in [3.8, 4) is 5.75 Å². The monoisotopic (exact) mass is 247 g/mol. The van der Waals surface area contributed by atoms with E-state index in [0.717, 1.165) is 11.3 Å². The van der Waals surface area contributed by atoms with E-state index in [9.17, 15) is 0 Å². The number of methoxy groups -OCH3 is 1. The standard InChI is InChI=1S/C16H25NO/c1-16(2)10-8-12(9-11-16)15(17)13-6-4-5-7-14(13)18-3/h4-7,12,15H,8-11,17H2,1-3H3. The van der Waals surface area contributed by atoms with Crippen molar-refractivity contribution in [2.75, 3.05) is 7.11 Å². The Hall–Kier alpha value is -1.02. The molecule has 1 aromatic rings. The molecular weight excluding hydrogens is 222 g/mol. The molecular formula is C16H25NO. The summed E-state index contributed by atoms with van der Waals surface area (Å²) in [5, 5.41) is 0. The predicted octanol–water partition coefficient (Wildman–Crippen LogP) is 3.91. The number of rotatable bonds is 3. The Morgan fingerprint density at radius 3 is 2.44 bits per heavy atom. The molecule has 2 N–H and O–H groups in total. The Bertz CT molecular complexity index is 390. The fourth-order valence-electron chi connectivity index (χ4n) is 2.98. The van der Waals surface area contributed by atoms with Crippen LogP contribution in [-0.2, 0) is 0 Å². The van der Waals surface area contributed by atoms with Gasteiger partial charge in [0.05, 0.1) is 7.11 Å². The first-order valence-corrected chi connectivity index (χ1v) is 6.92. The van der Waals surface area contributed by atoms with Crippen molar-refractivity contribution in [1.29, 1.82) is 0 Å². The highest BCUT2D eigenvalue weighted by molar-refractivity contribution is 5.36. The molecule has 0 aliphatic heterocycles. The zero-order valence-electron chi connectivity index (χ0n) is 11.8. The lowest BCUT2D eigenvalue weighted by molar-refractivity contribution is 0.172. The molecule has 1 saturated carbocycles. The first-order valence-electron chi connectivity index (χ1n) is 6.92. The van der Waals surface area contributed by atoms with E-state index in [1.54, 1.807) is 7.11 Å². The van der Waals surface area contributed by atoms with Crippen LogP contribution in [0.4, 0.5) is 0 Å². The van der Waals surface area contributed by atoms with E-state index in [0.29, 0.717) is 11.3 Å². The maximum atomic E-state index is 6.45. The number of benzene rings is 1. The van der Waals surface area contributed by atoms with Gasteiger partial charge in [-0.15, -0.1) is 0 Å². The summed E-state index contributed by atoms with van der Waals surface area (Å²) >= 11 is 0. The number of ether oxygens (including phenoxy) is 1. The summed E-state index contributed by atoms with van der Waals surface area (Å²) in [5.74, 6) is 1.52. The molecule has 0 heterocycles. The van der Waals surface area contributed by atoms with Crippen LogP contribution in [-0.4, -0.2) is 7.11 Å². The highest BCUT2D eigenvalue weighted by Crippen LogP contribution is 2.43. The van der Waals surface area contributed by atoms with E-state index in [1.165, 1.54) is 25.7 Å². The van der Waals surface area contributed by atoms with Gasteiger partial charge in [0, 0.05) is 11.6 Å². The molecule has 0 radical (unpaired) electrons. The van der Waals surface area contributed by atoms with Gasteiger partial charge in [0.1, 0.15) is 5.75 Å². The maximum Gasteiger partial charge on any atom is 0.123 e. The predicted molar refractivity (Wildman–Crippen MR) is 75.7 cm³/mol. The Morgan fingerprint density at radius 1 is 1.22 bits per heavy atom. The summed E-state index contributed by atoms with van der Waals surface area (Å²) < 4.78 is 5.42. The minimum Gasteiger partial charge on any atom is -0.496 e. The second-order valence-corrected chi connectivity index (χ2v) is 6.27. The van der Waals surface area contributed by atoms with Crippen molar-refractivity contribution >= 4 is 0 Å². The lowest BCUT2D eigenvalue weighted by Crippen LogP contribution is -2.29. The van der Waals surface area contributed by atoms with Gasteiger partial charge in [0.2, 0.25) is 0 Å². The van der Waals surface area contributed by atoms with Gasteiger partial charge < -0.3 is 10.5 Å². The maximum absolute atomic E-state index is 6.45. The lowest BCUT2D eigenvalue weighted by atomic mass is 9.70. The molecule has 0 saturated heterocycles. The van der Waals surface area contributed by atoms with Crippen molar-refractivity contribution in [3.05, 3.63) is 29.8 Å². The molecule has 2 heteroatoms. The molecule has 2 rings (SSSR count). The minimum atomic E-state index is 0.109. The Balaban J connectivity index is 2.10. The van der Waals surface area contributed by atoms with Gasteiger partial charge in [0.15, 0.2) is 0 Å². The SMILES string of the molecule is COc1ccccc1C(N)C1CCC(C)(C)CC1. The Morgan fingerprint density at radius 2 is 1.83 bits per heavy atom. The zero-order valence-corrected chi connectivity index (χ0v) is 11.8. The van der Waals surface area contributed by atoms with Crippen molar-refractivity contribution in [2.24, 2.45) is 17.1 Å². The van der Waals surface area contributed by atoms with E-state index in [2.05, 4.69) is 19.9 Å². The van der Waals surface area contributed by atoms with Crippen LogP contribution in [0.1, 0.15) is 51.1 Å². The molecule has 0 amide bonds. The number of hydrogen-bond acceptors (Lipinski definition) is 2. The van der Waals surface area contributed by atoms with Gasteiger partial charge in [-0.2, -0.15) is 0 Å². The van der Waals surface area contributed by atoms with Gasteiger partial charge in [-0.3, -0.25) is 0 Å². The second kappa shape index (κ2) is 5.31. The van der Waals surface area contributed by atoms with Crippen LogP contribution in [0.2, 0.25) is 0 Å². The zero-order chi connectivity index (χ0) is 13.2. The summed E-state index contributed by atoms with van der Waals surface area (Å²) in [4.78, 5) is 0. The summed E-state index contributed by atoms with van der Waals surface area (Å²) in [6.07, 6.45) is 5.01. The molecule has 1 fully saturated rings. The smallest absolute Gasteiger partial charge is 0.123 e. The second-order valence-electron chi connectivity index (χ2n) is 6.27. The number of para-hydroxylation sites is 1. The van der Waals surface area contributed by atoms with Crippen LogP contribution >= 0.6 is 0 Å². The molecule has 0 spiro atoms. The summed E-state index contributed by atoms with van der Waals surface area (Å²) in [7, 11) is 1.72. The van der Waals surface area contributed by atoms with E-state index in [-0.39, 0.29) is 6.04 Å². The quantitative estimate of drug-likeness (QED) is 0.879. The first kappa shape index (κ1) is 13.4. The molecule has 0 aromatic heterocycles. The largest absolute Gasteiger partial charge is 0.496 e. The van der Waals surface area contributed by atoms with Gasteiger partial charge in [-0.05, 0) is 43.1 Å². The average Bonchev–Trinajstić information content (AvgIpc) is 2.38. The molecule has 1 unspecified atom stereocenters. The number of hydrogen-bond donors (Lipinski definition) is 1. The molecule has 1 aliphatic carbocycles. The third-order valence-electron chi connectivity index (χ3n) is 4.39.